The minimum Gasteiger partial charge on any atom is -0.497 e. The second-order valence-electron chi connectivity index (χ2n) is 10.1. The molecule has 0 radical (unpaired) electrons. The van der Waals surface area contributed by atoms with Crippen molar-refractivity contribution in [3.05, 3.63) is 131 Å². The van der Waals surface area contributed by atoms with Gasteiger partial charge < -0.3 is 19.9 Å². The molecule has 1 aliphatic rings. The summed E-state index contributed by atoms with van der Waals surface area (Å²) in [5.74, 6) is 0.606. The molecule has 208 valence electrons. The second kappa shape index (κ2) is 9.90. The highest BCUT2D eigenvalue weighted by molar-refractivity contribution is 5.72. The van der Waals surface area contributed by atoms with Crippen LogP contribution in [-0.4, -0.2) is 43.5 Å². The number of H-pyrrole nitrogens is 1. The van der Waals surface area contributed by atoms with Crippen molar-refractivity contribution in [1.82, 2.24) is 19.5 Å². The smallest absolute Gasteiger partial charge is 0.280 e. The van der Waals surface area contributed by atoms with E-state index >= 15 is 0 Å². The van der Waals surface area contributed by atoms with Crippen LogP contribution in [0.2, 0.25) is 0 Å². The van der Waals surface area contributed by atoms with Gasteiger partial charge in [0.2, 0.25) is 12.2 Å². The summed E-state index contributed by atoms with van der Waals surface area (Å²) in [5.41, 5.74) is -0.761. The van der Waals surface area contributed by atoms with Gasteiger partial charge in [0.15, 0.2) is 22.9 Å². The topological polar surface area (TPSA) is 114 Å². The Bertz CT molecular complexity index is 1730. The first-order valence-electron chi connectivity index (χ1n) is 13.0. The van der Waals surface area contributed by atoms with Crippen LogP contribution in [0, 0.1) is 0 Å². The molecule has 41 heavy (non-hydrogen) atoms. The fourth-order valence-electron chi connectivity index (χ4n) is 5.38. The number of imidazole rings is 1. The van der Waals surface area contributed by atoms with Gasteiger partial charge in [-0.15, -0.1) is 0 Å². The van der Waals surface area contributed by atoms with E-state index in [2.05, 4.69) is 21.9 Å². The number of hydrogen-bond donors (Lipinski definition) is 3. The number of aromatic nitrogens is 4. The van der Waals surface area contributed by atoms with Crippen molar-refractivity contribution in [3.63, 3.8) is 0 Å². The molecule has 9 nitrogen and oxygen atoms in total. The van der Waals surface area contributed by atoms with Gasteiger partial charge >= 0.3 is 0 Å². The molecule has 0 amide bonds. The van der Waals surface area contributed by atoms with Gasteiger partial charge in [0.25, 0.3) is 5.56 Å². The molecule has 0 bridgehead atoms. The van der Waals surface area contributed by atoms with Crippen LogP contribution in [0.25, 0.3) is 11.2 Å². The summed E-state index contributed by atoms with van der Waals surface area (Å²) >= 11 is 0. The van der Waals surface area contributed by atoms with Crippen molar-refractivity contribution in [2.75, 3.05) is 12.4 Å². The molecule has 3 atom stereocenters. The highest BCUT2D eigenvalue weighted by Crippen LogP contribution is 2.43. The number of halogens is 1. The Morgan fingerprint density at radius 1 is 1.05 bits per heavy atom. The van der Waals surface area contributed by atoms with E-state index in [0.717, 1.165) is 16.7 Å². The Morgan fingerprint density at radius 2 is 1.63 bits per heavy atom. The van der Waals surface area contributed by atoms with Crippen molar-refractivity contribution in [2.24, 2.45) is 0 Å². The molecule has 3 N–H and O–H groups in total. The van der Waals surface area contributed by atoms with Crippen molar-refractivity contribution in [2.45, 2.75) is 30.5 Å². The molecule has 1 aliphatic heterocycles. The summed E-state index contributed by atoms with van der Waals surface area (Å²) in [6, 6.07) is 27.2. The SMILES string of the molecule is C=C1O[C@@H](n2cnc3c(=O)[nH]c(NC(c4ccccc4)(c4ccccc4)c4ccc(OC)cc4)nc32)[C@](C)(O)[C@@H]1F. The van der Waals surface area contributed by atoms with Gasteiger partial charge in [-0.3, -0.25) is 14.3 Å². The first kappa shape index (κ1) is 26.3. The fraction of sp³-hybridized carbons (Fsp3) is 0.194. The minimum absolute atomic E-state index is 0.0114. The van der Waals surface area contributed by atoms with E-state index in [9.17, 15) is 14.3 Å². The Hall–Kier alpha value is -4.96. The molecule has 0 spiro atoms. The average Bonchev–Trinajstić information content (AvgIpc) is 3.51. The van der Waals surface area contributed by atoms with Gasteiger partial charge in [0, 0.05) is 0 Å². The first-order chi connectivity index (χ1) is 19.8. The summed E-state index contributed by atoms with van der Waals surface area (Å²) in [4.78, 5) is 25.0. The van der Waals surface area contributed by atoms with E-state index in [-0.39, 0.29) is 22.9 Å². The Balaban J connectivity index is 1.56. The van der Waals surface area contributed by atoms with Crippen LogP contribution >= 0.6 is 0 Å². The number of methoxy groups -OCH3 is 1. The number of fused-ring (bicyclic) bond motifs is 1. The number of aromatic amines is 1. The van der Waals surface area contributed by atoms with Gasteiger partial charge in [-0.2, -0.15) is 4.98 Å². The van der Waals surface area contributed by atoms with Gasteiger partial charge in [-0.05, 0) is 35.7 Å². The van der Waals surface area contributed by atoms with E-state index in [0.29, 0.717) is 5.75 Å². The lowest BCUT2D eigenvalue weighted by atomic mass is 9.77. The standard InChI is InChI=1S/C31H28FN5O4/c1-19-25(32)30(2,39)28(41-19)37-18-33-24-26(37)34-29(35-27(24)38)36-31(20-10-6-4-7-11-20,21-12-8-5-9-13-21)22-14-16-23(40-3)17-15-22/h4-18,25,28,39H,1H2,2-3H3,(H2,34,35,36,38)/t25-,28-,30-/m1/s1. The zero-order valence-corrected chi connectivity index (χ0v) is 22.4. The number of nitrogens with zero attached hydrogens (tertiary/aromatic N) is 3. The van der Waals surface area contributed by atoms with Gasteiger partial charge in [0.1, 0.15) is 23.4 Å². The Labute approximate surface area is 234 Å². The highest BCUT2D eigenvalue weighted by atomic mass is 19.1. The van der Waals surface area contributed by atoms with Crippen molar-refractivity contribution >= 4 is 17.1 Å². The minimum atomic E-state index is -1.95. The predicted octanol–water partition coefficient (Wildman–Crippen LogP) is 4.66. The third-order valence-corrected chi connectivity index (χ3v) is 7.49. The molecule has 3 aromatic carbocycles. The molecule has 1 fully saturated rings. The lowest BCUT2D eigenvalue weighted by Gasteiger charge is -2.37. The number of alkyl halides is 1. The molecule has 6 rings (SSSR count). The van der Waals surface area contributed by atoms with Gasteiger partial charge in [-0.1, -0.05) is 79.4 Å². The molecule has 0 aliphatic carbocycles. The average molecular weight is 554 g/mol. The summed E-state index contributed by atoms with van der Waals surface area (Å²) in [7, 11) is 1.60. The third kappa shape index (κ3) is 4.23. The lowest BCUT2D eigenvalue weighted by molar-refractivity contribution is -0.0768. The number of nitrogens with one attached hydrogen (secondary N) is 2. The lowest BCUT2D eigenvalue weighted by Crippen LogP contribution is -2.40. The van der Waals surface area contributed by atoms with Gasteiger partial charge in [-0.25, -0.2) is 9.37 Å². The van der Waals surface area contributed by atoms with Crippen LogP contribution in [-0.2, 0) is 10.3 Å². The molecular formula is C31H28FN5O4. The zero-order chi connectivity index (χ0) is 28.8. The first-order valence-corrected chi connectivity index (χ1v) is 13.0. The van der Waals surface area contributed by atoms with E-state index in [4.69, 9.17) is 14.5 Å². The van der Waals surface area contributed by atoms with E-state index < -0.39 is 29.1 Å². The Kier molecular flexibility index (Phi) is 6.34. The third-order valence-electron chi connectivity index (χ3n) is 7.49. The van der Waals surface area contributed by atoms with Crippen molar-refractivity contribution in [3.8, 4) is 5.75 Å². The zero-order valence-electron chi connectivity index (χ0n) is 22.4. The molecule has 0 saturated carbocycles. The maximum Gasteiger partial charge on any atom is 0.280 e. The summed E-state index contributed by atoms with van der Waals surface area (Å²) in [6.07, 6.45) is -1.76. The Morgan fingerprint density at radius 3 is 2.17 bits per heavy atom. The number of hydrogen-bond acceptors (Lipinski definition) is 7. The molecule has 0 unspecified atom stereocenters. The molecule has 5 aromatic rings. The van der Waals surface area contributed by atoms with Crippen LogP contribution < -0.4 is 15.6 Å². The second-order valence-corrected chi connectivity index (χ2v) is 10.1. The van der Waals surface area contributed by atoms with E-state index in [1.165, 1.54) is 17.8 Å². The fourth-order valence-corrected chi connectivity index (χ4v) is 5.38. The highest BCUT2D eigenvalue weighted by Gasteiger charge is 2.52. The number of anilines is 1. The summed E-state index contributed by atoms with van der Waals surface area (Å²) < 4.78 is 27.0. The monoisotopic (exact) mass is 553 g/mol. The van der Waals surface area contributed by atoms with Crippen molar-refractivity contribution < 1.29 is 19.0 Å². The maximum absolute atomic E-state index is 14.7. The van der Waals surface area contributed by atoms with Crippen LogP contribution in [0.4, 0.5) is 10.3 Å². The number of ether oxygens (including phenoxy) is 2. The predicted molar refractivity (Wildman–Crippen MR) is 152 cm³/mol. The molecular weight excluding hydrogens is 525 g/mol. The molecule has 3 heterocycles. The molecule has 10 heteroatoms. The van der Waals surface area contributed by atoms with Crippen LogP contribution in [0.1, 0.15) is 29.8 Å². The number of aliphatic hydroxyl groups is 1. The maximum atomic E-state index is 14.7. The molecule has 1 saturated heterocycles. The largest absolute Gasteiger partial charge is 0.497 e. The van der Waals surface area contributed by atoms with E-state index in [1.807, 2.05) is 84.9 Å². The normalized spacial score (nSPS) is 20.6. The summed E-state index contributed by atoms with van der Waals surface area (Å²) in [6.45, 7) is 4.87. The van der Waals surface area contributed by atoms with Crippen LogP contribution in [0.3, 0.4) is 0 Å². The summed E-state index contributed by atoms with van der Waals surface area (Å²) in [5, 5.41) is 14.4. The van der Waals surface area contributed by atoms with Crippen LogP contribution in [0.15, 0.2) is 108 Å². The van der Waals surface area contributed by atoms with E-state index in [1.54, 1.807) is 7.11 Å². The van der Waals surface area contributed by atoms with Crippen molar-refractivity contribution in [1.29, 1.82) is 0 Å². The van der Waals surface area contributed by atoms with Gasteiger partial charge in [0.05, 0.1) is 7.11 Å². The quantitative estimate of drug-likeness (QED) is 0.251. The number of rotatable bonds is 7. The van der Waals surface area contributed by atoms with Crippen LogP contribution in [0.5, 0.6) is 5.75 Å². The molecule has 2 aromatic heterocycles. The number of benzene rings is 3.